The van der Waals surface area contributed by atoms with Crippen molar-refractivity contribution in [1.29, 1.82) is 0 Å². The van der Waals surface area contributed by atoms with E-state index >= 15 is 0 Å². The van der Waals surface area contributed by atoms with Crippen LogP contribution in [-0.2, 0) is 52.7 Å². The number of rotatable bonds is 11. The number of carbonyl (C=O) groups excluding carboxylic acids is 11. The first-order chi connectivity index (χ1) is 35.8. The quantitative estimate of drug-likeness (QED) is 0.234. The van der Waals surface area contributed by atoms with Gasteiger partial charge in [0, 0.05) is 49.3 Å². The van der Waals surface area contributed by atoms with Crippen LogP contribution in [0.2, 0.25) is 0 Å². The van der Waals surface area contributed by atoms with Crippen molar-refractivity contribution < 1.29 is 52.7 Å². The molecule has 11 amide bonds. The van der Waals surface area contributed by atoms with Gasteiger partial charge < -0.3 is 55.6 Å². The molecule has 0 aromatic carbocycles. The summed E-state index contributed by atoms with van der Waals surface area (Å²) in [5.41, 5.74) is 0. The van der Waals surface area contributed by atoms with Gasteiger partial charge in [0.05, 0.1) is 6.54 Å². The van der Waals surface area contributed by atoms with E-state index in [1.807, 2.05) is 55.4 Å². The molecule has 78 heavy (non-hydrogen) atoms. The van der Waals surface area contributed by atoms with Crippen LogP contribution in [0.25, 0.3) is 0 Å². The van der Waals surface area contributed by atoms with Crippen LogP contribution in [0.4, 0.5) is 0 Å². The van der Waals surface area contributed by atoms with Crippen molar-refractivity contribution in [3.8, 4) is 0 Å². The molecule has 22 heteroatoms. The van der Waals surface area contributed by atoms with Crippen LogP contribution < -0.4 is 21.3 Å². The highest BCUT2D eigenvalue weighted by molar-refractivity contribution is 5.99. The molecule has 446 valence electrons. The molecular formula is C56H101N11O11. The third-order valence-electron chi connectivity index (χ3n) is 14.7. The summed E-state index contributed by atoms with van der Waals surface area (Å²) in [5, 5.41) is 11.0. The minimum Gasteiger partial charge on any atom is -0.343 e. The summed E-state index contributed by atoms with van der Waals surface area (Å²) in [4.78, 5) is 166. The highest BCUT2D eigenvalue weighted by atomic mass is 16.2. The molecule has 1 unspecified atom stereocenters. The second kappa shape index (κ2) is 31.1. The van der Waals surface area contributed by atoms with Crippen LogP contribution in [0, 0.1) is 35.5 Å². The van der Waals surface area contributed by atoms with E-state index in [-0.39, 0.29) is 55.8 Å². The van der Waals surface area contributed by atoms with E-state index in [9.17, 15) is 52.7 Å². The molecule has 4 N–H and O–H groups in total. The van der Waals surface area contributed by atoms with Crippen LogP contribution in [0.5, 0.6) is 0 Å². The van der Waals surface area contributed by atoms with E-state index in [2.05, 4.69) is 21.3 Å². The molecule has 1 fully saturated rings. The highest BCUT2D eigenvalue weighted by Gasteiger charge is 2.43. The van der Waals surface area contributed by atoms with E-state index in [1.54, 1.807) is 34.6 Å². The van der Waals surface area contributed by atoms with Gasteiger partial charge in [-0.2, -0.15) is 0 Å². The number of hydrogen-bond acceptors (Lipinski definition) is 11. The van der Waals surface area contributed by atoms with Gasteiger partial charge in [-0.25, -0.2) is 0 Å². The maximum atomic E-state index is 14.8. The number of nitrogens with one attached hydrogen (secondary N) is 4. The second-order valence-electron chi connectivity index (χ2n) is 24.1. The number of hydrogen-bond donors (Lipinski definition) is 4. The van der Waals surface area contributed by atoms with Crippen LogP contribution in [0.3, 0.4) is 0 Å². The SMILES string of the molecule is CC[C@@H]1NC(=O)C(C)N(C)C(=O)[C@H](C(C)C)N(C)C(=O)[C@H](CC(C)C)N(C)C(=O)[C@H](CC(C)C)N(C)C(=O)[C@@H](C)NC(=O)[C@H](C)NC(=O)[C@H](CC(C)C)N(C)C(=O)[C@H](C(C)C)NC(=O)[C@H](CC(C)C)N(C)C(=O)CN(C)C1=O. The number of nitrogens with zero attached hydrogens (tertiary/aromatic N) is 7. The van der Waals surface area contributed by atoms with Gasteiger partial charge in [0.15, 0.2) is 0 Å². The molecule has 0 aliphatic carbocycles. The standard InChI is InChI=1S/C56H101N11O11/c1-24-39-52(74)61(17)29-44(68)63(19)40(25-30(2)3)50(72)60-45(34(10)11)55(77)64(20)41(26-31(4)5)49(71)57-36(14)47(69)58-37(15)51(73)65(21)42(27-32(6)7)53(75)66(22)43(28-33(8)9)54(76)67(23)46(35(12)13)56(78)62(18)38(16)48(70)59-39/h30-43,45-46H,24-29H2,1-23H3,(H,57,71)(H,58,69)(H,59,70)(H,60,72)/t36-,37+,38?,39-,40-,41-,42-,43-,45-,46-/m0/s1. The Bertz CT molecular complexity index is 2120. The molecule has 1 aliphatic rings. The van der Waals surface area contributed by atoms with Crippen molar-refractivity contribution in [3.63, 3.8) is 0 Å². The van der Waals surface area contributed by atoms with Crippen molar-refractivity contribution in [3.05, 3.63) is 0 Å². The molecule has 0 bridgehead atoms. The summed E-state index contributed by atoms with van der Waals surface area (Å²) < 4.78 is 0. The first-order valence-corrected chi connectivity index (χ1v) is 27.9. The molecule has 1 aliphatic heterocycles. The Morgan fingerprint density at radius 1 is 0.397 bits per heavy atom. The lowest BCUT2D eigenvalue weighted by atomic mass is 9.95. The average molecular weight is 1100 g/mol. The molecule has 0 spiro atoms. The molecule has 0 radical (unpaired) electrons. The molecule has 0 saturated carbocycles. The van der Waals surface area contributed by atoms with E-state index < -0.39 is 144 Å². The number of carbonyl (C=O) groups is 11. The summed E-state index contributed by atoms with van der Waals surface area (Å²) >= 11 is 0. The summed E-state index contributed by atoms with van der Waals surface area (Å²) in [6, 6.07) is -11.3. The Morgan fingerprint density at radius 2 is 0.795 bits per heavy atom. The smallest absolute Gasteiger partial charge is 0.246 e. The fourth-order valence-electron chi connectivity index (χ4n) is 9.58. The normalized spacial score (nSPS) is 27.3. The average Bonchev–Trinajstić information content (AvgIpc) is 3.35. The predicted octanol–water partition coefficient (Wildman–Crippen LogP) is 2.33. The van der Waals surface area contributed by atoms with E-state index in [0.717, 1.165) is 4.90 Å². The van der Waals surface area contributed by atoms with Crippen molar-refractivity contribution in [2.75, 3.05) is 55.9 Å². The van der Waals surface area contributed by atoms with Gasteiger partial charge in [0.1, 0.15) is 60.4 Å². The predicted molar refractivity (Wildman–Crippen MR) is 300 cm³/mol. The first-order valence-electron chi connectivity index (χ1n) is 27.9. The number of likely N-dealkylation sites (N-methyl/N-ethyl adjacent to an activating group) is 7. The lowest BCUT2D eigenvalue weighted by Gasteiger charge is -2.40. The fraction of sp³-hybridized carbons (Fsp3) is 0.804. The Balaban J connectivity index is 4.09. The minimum absolute atomic E-state index is 0.106. The molecular weight excluding hydrogens is 1000 g/mol. The Morgan fingerprint density at radius 3 is 1.23 bits per heavy atom. The fourth-order valence-corrected chi connectivity index (χ4v) is 9.58. The van der Waals surface area contributed by atoms with Crippen molar-refractivity contribution in [2.45, 2.75) is 203 Å². The topological polar surface area (TPSA) is 259 Å². The first kappa shape index (κ1) is 70.2. The zero-order valence-corrected chi connectivity index (χ0v) is 51.6. The van der Waals surface area contributed by atoms with Crippen molar-refractivity contribution in [1.82, 2.24) is 55.6 Å². The third kappa shape index (κ3) is 19.2. The molecule has 1 heterocycles. The number of amides is 11. The van der Waals surface area contributed by atoms with Crippen LogP contribution in [0.15, 0.2) is 0 Å². The Kier molecular flexibility index (Phi) is 28.0. The van der Waals surface area contributed by atoms with Crippen molar-refractivity contribution >= 4 is 65.0 Å². The van der Waals surface area contributed by atoms with Gasteiger partial charge in [0.2, 0.25) is 65.0 Å². The third-order valence-corrected chi connectivity index (χ3v) is 14.7. The van der Waals surface area contributed by atoms with Gasteiger partial charge in [-0.15, -0.1) is 0 Å². The van der Waals surface area contributed by atoms with Gasteiger partial charge >= 0.3 is 0 Å². The Hall–Kier alpha value is -5.83. The van der Waals surface area contributed by atoms with Gasteiger partial charge in [-0.1, -0.05) is 90.0 Å². The maximum absolute atomic E-state index is 14.8. The monoisotopic (exact) mass is 1100 g/mol. The molecule has 0 aromatic rings. The van der Waals surface area contributed by atoms with Gasteiger partial charge in [0.25, 0.3) is 0 Å². The van der Waals surface area contributed by atoms with Crippen molar-refractivity contribution in [2.24, 2.45) is 35.5 Å². The molecule has 10 atom stereocenters. The summed E-state index contributed by atoms with van der Waals surface area (Å²) in [5.74, 6) is -8.20. The molecule has 22 nitrogen and oxygen atoms in total. The lowest BCUT2D eigenvalue weighted by molar-refractivity contribution is -0.155. The zero-order valence-electron chi connectivity index (χ0n) is 51.6. The van der Waals surface area contributed by atoms with E-state index in [0.29, 0.717) is 0 Å². The summed E-state index contributed by atoms with van der Waals surface area (Å²) in [6.45, 7) is 27.6. The van der Waals surface area contributed by atoms with Crippen LogP contribution in [-0.4, -0.2) is 216 Å². The van der Waals surface area contributed by atoms with E-state index in [1.165, 1.54) is 99.5 Å². The van der Waals surface area contributed by atoms with Gasteiger partial charge in [-0.3, -0.25) is 52.7 Å². The summed E-state index contributed by atoms with van der Waals surface area (Å²) in [6.07, 6.45) is 0.858. The maximum Gasteiger partial charge on any atom is 0.246 e. The second-order valence-corrected chi connectivity index (χ2v) is 24.1. The summed E-state index contributed by atoms with van der Waals surface area (Å²) in [7, 11) is 10.1. The molecule has 1 rings (SSSR count). The zero-order chi connectivity index (χ0) is 60.7. The van der Waals surface area contributed by atoms with E-state index in [4.69, 9.17) is 0 Å². The molecule has 1 saturated heterocycles. The Labute approximate surface area is 466 Å². The highest BCUT2D eigenvalue weighted by Crippen LogP contribution is 2.24. The molecule has 0 aromatic heterocycles. The van der Waals surface area contributed by atoms with Crippen LogP contribution in [0.1, 0.15) is 143 Å². The van der Waals surface area contributed by atoms with Gasteiger partial charge in [-0.05, 0) is 88.4 Å². The largest absolute Gasteiger partial charge is 0.343 e. The minimum atomic E-state index is -1.21. The van der Waals surface area contributed by atoms with Crippen LogP contribution >= 0.6 is 0 Å². The lowest BCUT2D eigenvalue weighted by Crippen LogP contribution is -2.61.